The van der Waals surface area contributed by atoms with E-state index in [2.05, 4.69) is 75.9 Å². The number of nitrogens with zero attached hydrogens (tertiary/aromatic N) is 4. The van der Waals surface area contributed by atoms with Crippen molar-refractivity contribution < 1.29 is 23.9 Å². The Morgan fingerprint density at radius 2 is 1.45 bits per heavy atom. The van der Waals surface area contributed by atoms with Gasteiger partial charge in [-0.3, -0.25) is 9.69 Å². The van der Waals surface area contributed by atoms with Gasteiger partial charge in [0, 0.05) is 18.2 Å². The predicted octanol–water partition coefficient (Wildman–Crippen LogP) is 8.79. The number of likely N-dealkylation sites (tertiary alicyclic amines) is 2. The zero-order valence-corrected chi connectivity index (χ0v) is 33.0. The normalized spacial score (nSPS) is 21.2. The van der Waals surface area contributed by atoms with Crippen molar-refractivity contribution in [1.82, 2.24) is 35.1 Å². The number of amides is 3. The van der Waals surface area contributed by atoms with Crippen LogP contribution in [-0.4, -0.2) is 79.2 Å². The van der Waals surface area contributed by atoms with Crippen LogP contribution in [0.3, 0.4) is 0 Å². The third kappa shape index (κ3) is 7.24. The van der Waals surface area contributed by atoms with E-state index in [1.807, 2.05) is 56.8 Å². The van der Waals surface area contributed by atoms with Crippen molar-refractivity contribution in [1.29, 1.82) is 0 Å². The number of ether oxygens (including phenoxy) is 2. The zero-order valence-electron chi connectivity index (χ0n) is 33.0. The number of hydrogen-bond donors (Lipinski definition) is 3. The highest BCUT2D eigenvalue weighted by atomic mass is 16.6. The summed E-state index contributed by atoms with van der Waals surface area (Å²) in [6.45, 7) is 10.1. The van der Waals surface area contributed by atoms with E-state index in [-0.39, 0.29) is 36.0 Å². The first-order valence-electron chi connectivity index (χ1n) is 19.8. The van der Waals surface area contributed by atoms with Gasteiger partial charge in [0.15, 0.2) is 0 Å². The molecule has 3 N–H and O–H groups in total. The quantitative estimate of drug-likeness (QED) is 0.143. The van der Waals surface area contributed by atoms with Crippen LogP contribution in [0, 0.1) is 11.8 Å². The molecule has 3 aromatic carbocycles. The number of rotatable bonds is 8. The molecule has 1 saturated carbocycles. The first kappa shape index (κ1) is 37.3. The van der Waals surface area contributed by atoms with Gasteiger partial charge >= 0.3 is 12.2 Å². The lowest BCUT2D eigenvalue weighted by molar-refractivity contribution is -0.135. The number of nitrogens with one attached hydrogen (secondary N) is 3. The molecule has 56 heavy (non-hydrogen) atoms. The summed E-state index contributed by atoms with van der Waals surface area (Å²) in [6, 6.07) is 20.6. The number of aromatic amines is 2. The second kappa shape index (κ2) is 14.8. The molecule has 292 valence electrons. The number of hydrogen-bond acceptors (Lipinski definition) is 7. The van der Waals surface area contributed by atoms with Crippen molar-refractivity contribution in [2.75, 3.05) is 13.7 Å². The molecule has 0 radical (unpaired) electrons. The maximum Gasteiger partial charge on any atom is 0.411 e. The summed E-state index contributed by atoms with van der Waals surface area (Å²) in [5, 5.41) is 4.94. The van der Waals surface area contributed by atoms with Gasteiger partial charge in [0.25, 0.3) is 0 Å². The smallest absolute Gasteiger partial charge is 0.411 e. The van der Waals surface area contributed by atoms with Crippen LogP contribution in [-0.2, 0) is 14.3 Å². The summed E-state index contributed by atoms with van der Waals surface area (Å²) in [5.41, 5.74) is 5.53. The van der Waals surface area contributed by atoms with Crippen LogP contribution >= 0.6 is 0 Å². The molecule has 2 aliphatic heterocycles. The Balaban J connectivity index is 0.955. The predicted molar refractivity (Wildman–Crippen MR) is 214 cm³/mol. The summed E-state index contributed by atoms with van der Waals surface area (Å²) in [7, 11) is 1.30. The second-order valence-electron chi connectivity index (χ2n) is 16.8. The average molecular weight is 758 g/mol. The van der Waals surface area contributed by atoms with Gasteiger partial charge in [0.2, 0.25) is 5.91 Å². The number of benzene rings is 3. The van der Waals surface area contributed by atoms with Crippen LogP contribution < -0.4 is 5.32 Å². The highest BCUT2D eigenvalue weighted by molar-refractivity contribution is 5.91. The molecule has 2 aromatic heterocycles. The molecule has 0 spiro atoms. The lowest BCUT2D eigenvalue weighted by Gasteiger charge is -2.35. The molecule has 2 bridgehead atoms. The van der Waals surface area contributed by atoms with Crippen molar-refractivity contribution in [3.63, 3.8) is 0 Å². The summed E-state index contributed by atoms with van der Waals surface area (Å²) < 4.78 is 10.6. The van der Waals surface area contributed by atoms with E-state index >= 15 is 0 Å². The minimum Gasteiger partial charge on any atom is -0.453 e. The van der Waals surface area contributed by atoms with Gasteiger partial charge in [0.1, 0.15) is 23.3 Å². The van der Waals surface area contributed by atoms with Crippen molar-refractivity contribution in [2.45, 2.75) is 96.5 Å². The van der Waals surface area contributed by atoms with Crippen LogP contribution in [0.4, 0.5) is 9.59 Å². The number of H-pyrrole nitrogens is 2. The molecule has 12 heteroatoms. The van der Waals surface area contributed by atoms with E-state index in [1.165, 1.54) is 7.11 Å². The molecule has 3 amide bonds. The molecule has 2 unspecified atom stereocenters. The van der Waals surface area contributed by atoms with Crippen molar-refractivity contribution >= 4 is 28.9 Å². The summed E-state index contributed by atoms with van der Waals surface area (Å²) in [4.78, 5) is 59.0. The van der Waals surface area contributed by atoms with E-state index in [0.717, 1.165) is 88.2 Å². The van der Waals surface area contributed by atoms with Crippen LogP contribution in [0.5, 0.6) is 0 Å². The maximum absolute atomic E-state index is 13.6. The SMILES string of the molecule is COC(=O)N[C@H](C(=O)N1CCC[C@H]1c1ncc(-c2ccc3cc(-c4ccc(-c5cnc(C6C7CC[C@H](C7)N6C(=O)OC(C)(C)C)[nH]5)cc4)ccc3c2)[nH]1)C(C)C. The first-order valence-corrected chi connectivity index (χ1v) is 19.8. The lowest BCUT2D eigenvalue weighted by atomic mass is 9.98. The minimum absolute atomic E-state index is 0.0963. The van der Waals surface area contributed by atoms with Gasteiger partial charge in [-0.2, -0.15) is 0 Å². The van der Waals surface area contributed by atoms with Crippen LogP contribution in [0.2, 0.25) is 0 Å². The van der Waals surface area contributed by atoms with E-state index in [0.29, 0.717) is 12.5 Å². The van der Waals surface area contributed by atoms with E-state index < -0.39 is 17.7 Å². The number of alkyl carbamates (subject to hydrolysis) is 1. The van der Waals surface area contributed by atoms with Gasteiger partial charge in [-0.05, 0) is 104 Å². The third-order valence-electron chi connectivity index (χ3n) is 11.6. The number of aromatic nitrogens is 4. The van der Waals surface area contributed by atoms with E-state index in [9.17, 15) is 14.4 Å². The Morgan fingerprint density at radius 1 is 0.821 bits per heavy atom. The first-order chi connectivity index (χ1) is 26.9. The fourth-order valence-corrected chi connectivity index (χ4v) is 8.83. The zero-order chi connectivity index (χ0) is 39.3. The van der Waals surface area contributed by atoms with Crippen LogP contribution in [0.25, 0.3) is 44.4 Å². The molecule has 4 heterocycles. The Bertz CT molecular complexity index is 2250. The molecule has 5 atom stereocenters. The van der Waals surface area contributed by atoms with Crippen molar-refractivity contribution in [3.8, 4) is 33.6 Å². The number of imidazole rings is 2. The maximum atomic E-state index is 13.6. The monoisotopic (exact) mass is 757 g/mol. The highest BCUT2D eigenvalue weighted by Gasteiger charge is 2.51. The van der Waals surface area contributed by atoms with Crippen LogP contribution in [0.1, 0.15) is 90.5 Å². The molecule has 2 saturated heterocycles. The van der Waals surface area contributed by atoms with Crippen molar-refractivity contribution in [2.24, 2.45) is 11.8 Å². The molecule has 1 aliphatic carbocycles. The fourth-order valence-electron chi connectivity index (χ4n) is 8.83. The molecule has 5 aromatic rings. The highest BCUT2D eigenvalue weighted by Crippen LogP contribution is 2.50. The Kier molecular flexibility index (Phi) is 9.84. The van der Waals surface area contributed by atoms with E-state index in [4.69, 9.17) is 19.4 Å². The fraction of sp³-hybridized carbons (Fsp3) is 0.432. The molecular formula is C44H51N7O5. The Hall–Kier alpha value is -5.65. The number of carbonyl (C=O) groups is 3. The number of fused-ring (bicyclic) bond motifs is 3. The Morgan fingerprint density at radius 3 is 2.14 bits per heavy atom. The number of methoxy groups -OCH3 is 1. The largest absolute Gasteiger partial charge is 0.453 e. The summed E-state index contributed by atoms with van der Waals surface area (Å²) in [6.07, 6.45) is 7.59. The molecule has 12 nitrogen and oxygen atoms in total. The summed E-state index contributed by atoms with van der Waals surface area (Å²) in [5.74, 6) is 1.72. The van der Waals surface area contributed by atoms with Gasteiger partial charge in [-0.15, -0.1) is 0 Å². The standard InChI is InChI=1S/C44H51N7O5/c1-25(2)37(49-42(53)55-6)41(52)50-19-7-8-36(50)39-45-24-35(47-39)31-16-15-29-20-28(13-14-30(29)21-31)26-9-11-27(12-10-26)34-23-46-40(48-34)38-32-17-18-33(22-32)51(38)43(54)56-44(3,4)5/h9-16,20-21,23-25,32-33,36-38H,7-8,17-19,22H2,1-6H3,(H,45,47)(H,46,48)(H,49,53)/t32?,33-,36+,37+,38?/m1/s1. The van der Waals surface area contributed by atoms with Gasteiger partial charge in [-0.25, -0.2) is 19.6 Å². The molecule has 3 fully saturated rings. The minimum atomic E-state index is -0.679. The topological polar surface area (TPSA) is 146 Å². The average Bonchev–Trinajstić information content (AvgIpc) is 4.04. The van der Waals surface area contributed by atoms with Crippen LogP contribution in [0.15, 0.2) is 73.1 Å². The van der Waals surface area contributed by atoms with Gasteiger partial charge < -0.3 is 29.7 Å². The molecular weight excluding hydrogens is 707 g/mol. The molecule has 8 rings (SSSR count). The lowest BCUT2D eigenvalue weighted by Crippen LogP contribution is -2.51. The van der Waals surface area contributed by atoms with Gasteiger partial charge in [0.05, 0.1) is 43.0 Å². The Labute approximate surface area is 327 Å². The summed E-state index contributed by atoms with van der Waals surface area (Å²) >= 11 is 0. The van der Waals surface area contributed by atoms with Crippen molar-refractivity contribution in [3.05, 3.63) is 84.7 Å². The number of piperidine rings is 1. The third-order valence-corrected chi connectivity index (χ3v) is 11.6. The second-order valence-corrected chi connectivity index (χ2v) is 16.8. The molecule has 3 aliphatic rings. The van der Waals surface area contributed by atoms with E-state index in [1.54, 1.807) is 0 Å². The van der Waals surface area contributed by atoms with Gasteiger partial charge in [-0.1, -0.05) is 62.4 Å². The number of carbonyl (C=O) groups excluding carboxylic acids is 3.